The number of ether oxygens (including phenoxy) is 2. The first-order valence-corrected chi connectivity index (χ1v) is 42.6. The number of esters is 2. The number of hydrogen-bond acceptors (Lipinski definition) is 8. The lowest BCUT2D eigenvalue weighted by Gasteiger charge is -2.28. The number of phosphoric ester groups is 1. The second-order valence-corrected chi connectivity index (χ2v) is 30.2. The van der Waals surface area contributed by atoms with Gasteiger partial charge in [-0.3, -0.25) is 14.2 Å². The summed E-state index contributed by atoms with van der Waals surface area (Å²) in [5.41, 5.74) is 0. The normalized spacial score (nSPS) is 13.6. The van der Waals surface area contributed by atoms with Crippen molar-refractivity contribution in [2.24, 2.45) is 0 Å². The minimum Gasteiger partial charge on any atom is -0.756 e. The van der Waals surface area contributed by atoms with Gasteiger partial charge in [0, 0.05) is 12.8 Å². The van der Waals surface area contributed by atoms with Crippen molar-refractivity contribution >= 4 is 19.8 Å². The summed E-state index contributed by atoms with van der Waals surface area (Å²) < 4.78 is 34.4. The molecule has 0 aliphatic carbocycles. The number of quaternary nitrogens is 1. The van der Waals surface area contributed by atoms with E-state index in [2.05, 4.69) is 123 Å². The predicted octanol–water partition coefficient (Wildman–Crippen LogP) is 26.9. The molecule has 0 aromatic carbocycles. The minimum atomic E-state index is -4.65. The van der Waals surface area contributed by atoms with Crippen molar-refractivity contribution in [2.75, 3.05) is 47.5 Å². The van der Waals surface area contributed by atoms with Crippen LogP contribution in [0.1, 0.15) is 380 Å². The van der Waals surface area contributed by atoms with Crippen LogP contribution in [-0.4, -0.2) is 70.0 Å². The number of carbonyl (C=O) groups excluding carboxylic acids is 2. The van der Waals surface area contributed by atoms with Crippen molar-refractivity contribution in [2.45, 2.75) is 386 Å². The molecule has 97 heavy (non-hydrogen) atoms. The molecule has 0 radical (unpaired) electrons. The topological polar surface area (TPSA) is 111 Å². The monoisotopic (exact) mass is 1370 g/mol. The zero-order valence-corrected chi connectivity index (χ0v) is 65.2. The van der Waals surface area contributed by atoms with Gasteiger partial charge in [0.15, 0.2) is 6.10 Å². The largest absolute Gasteiger partial charge is 0.756 e. The molecule has 10 heteroatoms. The minimum absolute atomic E-state index is 0.0324. The molecular formula is C87H156NO8P. The van der Waals surface area contributed by atoms with Crippen molar-refractivity contribution in [3.05, 3.63) is 109 Å². The summed E-state index contributed by atoms with van der Waals surface area (Å²) in [5, 5.41) is 0. The quantitative estimate of drug-likeness (QED) is 0.0195. The number of likely N-dealkylation sites (N-methyl/N-ethyl adjacent to an activating group) is 1. The van der Waals surface area contributed by atoms with E-state index >= 15 is 0 Å². The van der Waals surface area contributed by atoms with Crippen LogP contribution >= 0.6 is 7.82 Å². The van der Waals surface area contributed by atoms with Gasteiger partial charge in [0.05, 0.1) is 27.7 Å². The molecule has 2 atom stereocenters. The molecule has 0 N–H and O–H groups in total. The Labute approximate surface area is 601 Å². The van der Waals surface area contributed by atoms with Crippen molar-refractivity contribution in [3.8, 4) is 0 Å². The first-order chi connectivity index (χ1) is 47.5. The molecule has 0 spiro atoms. The Kier molecular flexibility index (Phi) is 74.2. The number of carbonyl (C=O) groups is 2. The molecule has 9 nitrogen and oxygen atoms in total. The van der Waals surface area contributed by atoms with E-state index in [0.717, 1.165) is 96.3 Å². The van der Waals surface area contributed by atoms with Gasteiger partial charge in [0.25, 0.3) is 7.82 Å². The van der Waals surface area contributed by atoms with E-state index < -0.39 is 26.5 Å². The number of unbranched alkanes of at least 4 members (excludes halogenated alkanes) is 44. The van der Waals surface area contributed by atoms with Crippen molar-refractivity contribution in [1.29, 1.82) is 0 Å². The molecule has 0 aromatic rings. The Balaban J connectivity index is 3.97. The van der Waals surface area contributed by atoms with E-state index in [1.54, 1.807) is 0 Å². The van der Waals surface area contributed by atoms with Gasteiger partial charge in [-0.05, 0) is 83.5 Å². The molecule has 0 aromatic heterocycles. The highest BCUT2D eigenvalue weighted by Gasteiger charge is 2.22. The molecule has 2 unspecified atom stereocenters. The highest BCUT2D eigenvalue weighted by molar-refractivity contribution is 7.45. The number of allylic oxidation sites excluding steroid dienone is 18. The Hall–Kier alpha value is -3.33. The lowest BCUT2D eigenvalue weighted by Crippen LogP contribution is -2.37. The zero-order chi connectivity index (χ0) is 70.4. The molecule has 0 amide bonds. The Morgan fingerprint density at radius 1 is 0.330 bits per heavy atom. The molecule has 0 fully saturated rings. The first-order valence-electron chi connectivity index (χ1n) is 41.1. The second kappa shape index (κ2) is 76.8. The number of rotatable bonds is 76. The van der Waals surface area contributed by atoms with Crippen LogP contribution in [0.25, 0.3) is 0 Å². The van der Waals surface area contributed by atoms with E-state index in [1.165, 1.54) is 250 Å². The van der Waals surface area contributed by atoms with Crippen LogP contribution in [0.3, 0.4) is 0 Å². The smallest absolute Gasteiger partial charge is 0.306 e. The summed E-state index contributed by atoms with van der Waals surface area (Å²) in [6.07, 6.45) is 109. The van der Waals surface area contributed by atoms with Crippen LogP contribution < -0.4 is 4.89 Å². The van der Waals surface area contributed by atoms with E-state index in [0.29, 0.717) is 17.4 Å². The summed E-state index contributed by atoms with van der Waals surface area (Å²) in [6.45, 7) is 4.18. The average molecular weight is 1380 g/mol. The summed E-state index contributed by atoms with van der Waals surface area (Å²) in [4.78, 5) is 38.2. The maximum atomic E-state index is 12.9. The van der Waals surface area contributed by atoms with Gasteiger partial charge in [-0.1, -0.05) is 393 Å². The molecule has 562 valence electrons. The molecule has 0 saturated carbocycles. The van der Waals surface area contributed by atoms with Gasteiger partial charge < -0.3 is 27.9 Å². The number of hydrogen-bond donors (Lipinski definition) is 0. The SMILES string of the molecule is CC/C=C\C/C=C\C/C=C\C/C=C\C/C=C\C/C=C\C/C=C\C/C=C\C/C=C\CCCCCCCCCCCCCCCC(=O)OC(COC(=O)CCCCCCCCCCCCCCCCCCCCCCCCCCCCCCCCCC)COP(=O)([O-])OCC[N+](C)(C)C. The lowest BCUT2D eigenvalue weighted by molar-refractivity contribution is -0.870. The molecule has 0 aliphatic heterocycles. The second-order valence-electron chi connectivity index (χ2n) is 28.8. The summed E-state index contributed by atoms with van der Waals surface area (Å²) in [5.74, 6) is -0.820. The van der Waals surface area contributed by atoms with Gasteiger partial charge in [0.1, 0.15) is 19.8 Å². The molecule has 0 heterocycles. The predicted molar refractivity (Wildman–Crippen MR) is 420 cm³/mol. The zero-order valence-electron chi connectivity index (χ0n) is 64.3. The van der Waals surface area contributed by atoms with Gasteiger partial charge in [-0.15, -0.1) is 0 Å². The van der Waals surface area contributed by atoms with E-state index in [-0.39, 0.29) is 32.0 Å². The molecule has 0 rings (SSSR count). The summed E-state index contributed by atoms with van der Waals surface area (Å²) >= 11 is 0. The van der Waals surface area contributed by atoms with Crippen LogP contribution in [0.2, 0.25) is 0 Å². The standard InChI is InChI=1S/C87H156NO8P/c1-6-8-10-12-14-16-18-20-22-24-26-28-30-32-34-36-38-40-41-42-43-44-45-46-47-48-50-52-54-56-58-60-62-64-66-68-70-72-74-76-78-80-87(90)96-85(84-95-97(91,92)94-82-81-88(3,4)5)83-93-86(89)79-77-75-73-71-69-67-65-63-61-59-57-55-53-51-49-39-37-35-33-31-29-27-25-23-21-19-17-15-13-11-9-7-2/h8,10,14,16,20,22,26,28,32,34,38,40,42-43,45-46,48,50,85H,6-7,9,11-13,15,17-19,21,23-25,27,29-31,33,35-37,39,41,44,47,49,51-84H2,1-5H3/b10-8-,16-14-,22-20-,28-26-,34-32-,40-38-,43-42-,46-45-,50-48-. The summed E-state index contributed by atoms with van der Waals surface area (Å²) in [6, 6.07) is 0. The van der Waals surface area contributed by atoms with Crippen molar-refractivity contribution in [3.63, 3.8) is 0 Å². The van der Waals surface area contributed by atoms with Crippen LogP contribution in [-0.2, 0) is 32.7 Å². The fraction of sp³-hybridized carbons (Fsp3) is 0.770. The summed E-state index contributed by atoms with van der Waals surface area (Å²) in [7, 11) is 1.17. The third kappa shape index (κ3) is 81.5. The lowest BCUT2D eigenvalue weighted by atomic mass is 10.0. The third-order valence-corrected chi connectivity index (χ3v) is 19.0. The molecule has 0 bridgehead atoms. The molecule has 0 saturated heterocycles. The Morgan fingerprint density at radius 2 is 0.588 bits per heavy atom. The van der Waals surface area contributed by atoms with Crippen LogP contribution in [0.5, 0.6) is 0 Å². The first kappa shape index (κ1) is 93.7. The van der Waals surface area contributed by atoms with Gasteiger partial charge in [0.2, 0.25) is 0 Å². The van der Waals surface area contributed by atoms with E-state index in [9.17, 15) is 19.0 Å². The van der Waals surface area contributed by atoms with E-state index in [1.807, 2.05) is 21.1 Å². The highest BCUT2D eigenvalue weighted by atomic mass is 31.2. The van der Waals surface area contributed by atoms with Crippen LogP contribution in [0, 0.1) is 0 Å². The van der Waals surface area contributed by atoms with Crippen molar-refractivity contribution in [1.82, 2.24) is 0 Å². The average Bonchev–Trinajstić information content (AvgIpc) is 1.69. The fourth-order valence-corrected chi connectivity index (χ4v) is 12.6. The molecular weight excluding hydrogens is 1220 g/mol. The highest BCUT2D eigenvalue weighted by Crippen LogP contribution is 2.38. The van der Waals surface area contributed by atoms with E-state index in [4.69, 9.17) is 18.5 Å². The maximum Gasteiger partial charge on any atom is 0.306 e. The van der Waals surface area contributed by atoms with Gasteiger partial charge in [-0.2, -0.15) is 0 Å². The Morgan fingerprint density at radius 3 is 0.876 bits per heavy atom. The van der Waals surface area contributed by atoms with Crippen LogP contribution in [0.4, 0.5) is 0 Å². The Bertz CT molecular complexity index is 2010. The van der Waals surface area contributed by atoms with Crippen LogP contribution in [0.15, 0.2) is 109 Å². The maximum absolute atomic E-state index is 12.9. The van der Waals surface area contributed by atoms with Crippen molar-refractivity contribution < 1.29 is 42.1 Å². The fourth-order valence-electron chi connectivity index (χ4n) is 11.8. The third-order valence-electron chi connectivity index (χ3n) is 18.1. The van der Waals surface area contributed by atoms with Gasteiger partial charge >= 0.3 is 11.9 Å². The number of phosphoric acid groups is 1. The number of nitrogens with zero attached hydrogens (tertiary/aromatic N) is 1. The molecule has 0 aliphatic rings. The van der Waals surface area contributed by atoms with Gasteiger partial charge in [-0.25, -0.2) is 0 Å².